The fraction of sp³-hybridized carbons (Fsp3) is 0.500. The molecule has 0 N–H and O–H groups in total. The lowest BCUT2D eigenvalue weighted by Gasteiger charge is -2.29. The van der Waals surface area contributed by atoms with E-state index in [0.29, 0.717) is 16.5 Å². The lowest BCUT2D eigenvalue weighted by molar-refractivity contribution is 0.0700. The van der Waals surface area contributed by atoms with Crippen LogP contribution in [0.25, 0.3) is 0 Å². The number of hydrogen-bond donors (Lipinski definition) is 0. The van der Waals surface area contributed by atoms with Crippen LogP contribution in [0.5, 0.6) is 0 Å². The standard InChI is InChI=1S/C14H17Cl2NO/c15-10-11-6-2-1-5-9-17(11)14(18)12-7-3-4-8-13(12)16/h3-4,7-8,11H,1-2,5-6,9-10H2. The van der Waals surface area contributed by atoms with Gasteiger partial charge in [0.1, 0.15) is 0 Å². The topological polar surface area (TPSA) is 20.3 Å². The molecule has 1 atom stereocenters. The summed E-state index contributed by atoms with van der Waals surface area (Å²) in [6.07, 6.45) is 4.34. The average molecular weight is 286 g/mol. The monoisotopic (exact) mass is 285 g/mol. The van der Waals surface area contributed by atoms with Gasteiger partial charge in [-0.15, -0.1) is 11.6 Å². The second kappa shape index (κ2) is 6.44. The van der Waals surface area contributed by atoms with Crippen molar-refractivity contribution in [3.05, 3.63) is 34.9 Å². The van der Waals surface area contributed by atoms with Crippen LogP contribution in [0.4, 0.5) is 0 Å². The smallest absolute Gasteiger partial charge is 0.255 e. The van der Waals surface area contributed by atoms with Gasteiger partial charge in [0.2, 0.25) is 0 Å². The van der Waals surface area contributed by atoms with Crippen LogP contribution in [-0.2, 0) is 0 Å². The van der Waals surface area contributed by atoms with Crippen molar-refractivity contribution in [3.8, 4) is 0 Å². The number of halogens is 2. The number of carbonyl (C=O) groups is 1. The predicted octanol–water partition coefficient (Wildman–Crippen LogP) is 3.96. The molecule has 0 aliphatic carbocycles. The normalized spacial score (nSPS) is 20.6. The van der Waals surface area contributed by atoms with Gasteiger partial charge in [-0.2, -0.15) is 0 Å². The van der Waals surface area contributed by atoms with Gasteiger partial charge in [-0.3, -0.25) is 4.79 Å². The Labute approximate surface area is 118 Å². The number of amides is 1. The van der Waals surface area contributed by atoms with Crippen LogP contribution in [-0.4, -0.2) is 29.3 Å². The molecule has 1 aromatic rings. The molecule has 0 spiro atoms. The minimum Gasteiger partial charge on any atom is -0.334 e. The summed E-state index contributed by atoms with van der Waals surface area (Å²) >= 11 is 12.1. The number of hydrogen-bond acceptors (Lipinski definition) is 1. The lowest BCUT2D eigenvalue weighted by Crippen LogP contribution is -2.41. The molecule has 1 unspecified atom stereocenters. The molecule has 1 heterocycles. The molecule has 0 saturated carbocycles. The molecule has 0 radical (unpaired) electrons. The van der Waals surface area contributed by atoms with Crippen molar-refractivity contribution in [3.63, 3.8) is 0 Å². The molecule has 1 aliphatic heterocycles. The van der Waals surface area contributed by atoms with Crippen LogP contribution in [0, 0.1) is 0 Å². The summed E-state index contributed by atoms with van der Waals surface area (Å²) in [6.45, 7) is 0.779. The van der Waals surface area contributed by atoms with Gasteiger partial charge in [0.05, 0.1) is 10.6 Å². The molecular weight excluding hydrogens is 269 g/mol. The lowest BCUT2D eigenvalue weighted by atomic mass is 10.1. The highest BCUT2D eigenvalue weighted by atomic mass is 35.5. The number of carbonyl (C=O) groups excluding carboxylic acids is 1. The molecule has 1 saturated heterocycles. The van der Waals surface area contributed by atoms with E-state index in [1.807, 2.05) is 17.0 Å². The van der Waals surface area contributed by atoms with Crippen molar-refractivity contribution < 1.29 is 4.79 Å². The van der Waals surface area contributed by atoms with Crippen LogP contribution < -0.4 is 0 Å². The second-order valence-electron chi connectivity index (χ2n) is 4.64. The minimum atomic E-state index is 0.00755. The number of alkyl halides is 1. The molecule has 1 fully saturated rings. The average Bonchev–Trinajstić information content (AvgIpc) is 2.63. The SMILES string of the molecule is O=C(c1ccccc1Cl)N1CCCCCC1CCl. The molecule has 98 valence electrons. The fourth-order valence-corrected chi connectivity index (χ4v) is 2.93. The summed E-state index contributed by atoms with van der Waals surface area (Å²) < 4.78 is 0. The van der Waals surface area contributed by atoms with E-state index in [-0.39, 0.29) is 11.9 Å². The molecule has 18 heavy (non-hydrogen) atoms. The first-order valence-electron chi connectivity index (χ1n) is 6.35. The Morgan fingerprint density at radius 2 is 2.06 bits per heavy atom. The van der Waals surface area contributed by atoms with Crippen molar-refractivity contribution >= 4 is 29.1 Å². The third-order valence-corrected chi connectivity index (χ3v) is 4.11. The van der Waals surface area contributed by atoms with E-state index in [1.165, 1.54) is 6.42 Å². The molecule has 0 aromatic heterocycles. The molecular formula is C14H17Cl2NO. The highest BCUT2D eigenvalue weighted by Gasteiger charge is 2.26. The summed E-state index contributed by atoms with van der Waals surface area (Å²) in [6, 6.07) is 7.34. The third kappa shape index (κ3) is 2.99. The maximum atomic E-state index is 12.5. The van der Waals surface area contributed by atoms with Crippen LogP contribution >= 0.6 is 23.2 Å². The van der Waals surface area contributed by atoms with Crippen LogP contribution in [0.15, 0.2) is 24.3 Å². The zero-order valence-corrected chi connectivity index (χ0v) is 11.8. The predicted molar refractivity (Wildman–Crippen MR) is 75.5 cm³/mol. The van der Waals surface area contributed by atoms with E-state index in [9.17, 15) is 4.79 Å². The molecule has 2 nitrogen and oxygen atoms in total. The Balaban J connectivity index is 2.23. The molecule has 1 aromatic carbocycles. The third-order valence-electron chi connectivity index (χ3n) is 3.42. The van der Waals surface area contributed by atoms with E-state index in [2.05, 4.69) is 0 Å². The van der Waals surface area contributed by atoms with Gasteiger partial charge >= 0.3 is 0 Å². The number of rotatable bonds is 2. The maximum Gasteiger partial charge on any atom is 0.255 e. The van der Waals surface area contributed by atoms with Crippen LogP contribution in [0.1, 0.15) is 36.0 Å². The quantitative estimate of drug-likeness (QED) is 0.753. The van der Waals surface area contributed by atoms with E-state index in [4.69, 9.17) is 23.2 Å². The fourth-order valence-electron chi connectivity index (χ4n) is 2.39. The van der Waals surface area contributed by atoms with E-state index >= 15 is 0 Å². The Hall–Kier alpha value is -0.730. The zero-order chi connectivity index (χ0) is 13.0. The first-order chi connectivity index (χ1) is 8.74. The summed E-state index contributed by atoms with van der Waals surface area (Å²) in [4.78, 5) is 14.4. The maximum absolute atomic E-state index is 12.5. The molecule has 2 rings (SSSR count). The van der Waals surface area contributed by atoms with Gasteiger partial charge in [-0.25, -0.2) is 0 Å². The molecule has 1 aliphatic rings. The van der Waals surface area contributed by atoms with Gasteiger partial charge in [0.25, 0.3) is 5.91 Å². The van der Waals surface area contributed by atoms with Crippen LogP contribution in [0.2, 0.25) is 5.02 Å². The van der Waals surface area contributed by atoms with Crippen molar-refractivity contribution in [2.75, 3.05) is 12.4 Å². The van der Waals surface area contributed by atoms with E-state index < -0.39 is 0 Å². The minimum absolute atomic E-state index is 0.00755. The first kappa shape index (κ1) is 13.7. The van der Waals surface area contributed by atoms with Crippen LogP contribution in [0.3, 0.4) is 0 Å². The van der Waals surface area contributed by atoms with Crippen molar-refractivity contribution in [2.24, 2.45) is 0 Å². The van der Waals surface area contributed by atoms with Crippen molar-refractivity contribution in [2.45, 2.75) is 31.7 Å². The van der Waals surface area contributed by atoms with Gasteiger partial charge < -0.3 is 4.90 Å². The highest BCUT2D eigenvalue weighted by molar-refractivity contribution is 6.33. The van der Waals surface area contributed by atoms with E-state index in [1.54, 1.807) is 12.1 Å². The first-order valence-corrected chi connectivity index (χ1v) is 7.26. The largest absolute Gasteiger partial charge is 0.334 e. The van der Waals surface area contributed by atoms with Crippen molar-refractivity contribution in [1.29, 1.82) is 0 Å². The molecule has 1 amide bonds. The van der Waals surface area contributed by atoms with Gasteiger partial charge in [-0.05, 0) is 25.0 Å². The molecule has 4 heteroatoms. The highest BCUT2D eigenvalue weighted by Crippen LogP contribution is 2.23. The number of benzene rings is 1. The Morgan fingerprint density at radius 3 is 2.78 bits per heavy atom. The summed E-state index contributed by atoms with van der Waals surface area (Å²) in [5.41, 5.74) is 0.580. The zero-order valence-electron chi connectivity index (χ0n) is 10.2. The summed E-state index contributed by atoms with van der Waals surface area (Å²) in [7, 11) is 0. The molecule has 0 bridgehead atoms. The van der Waals surface area contributed by atoms with E-state index in [0.717, 1.165) is 25.8 Å². The second-order valence-corrected chi connectivity index (χ2v) is 5.35. The van der Waals surface area contributed by atoms with Crippen molar-refractivity contribution in [1.82, 2.24) is 4.90 Å². The summed E-state index contributed by atoms with van der Waals surface area (Å²) in [5, 5.41) is 0.514. The Morgan fingerprint density at radius 1 is 1.28 bits per heavy atom. The number of likely N-dealkylation sites (tertiary alicyclic amines) is 1. The van der Waals surface area contributed by atoms with Gasteiger partial charge in [-0.1, -0.05) is 36.6 Å². The number of nitrogens with zero attached hydrogens (tertiary/aromatic N) is 1. The summed E-state index contributed by atoms with van der Waals surface area (Å²) in [5.74, 6) is 0.504. The van der Waals surface area contributed by atoms with Gasteiger partial charge in [0, 0.05) is 18.5 Å². The Kier molecular flexibility index (Phi) is 4.90. The Bertz CT molecular complexity index is 422. The van der Waals surface area contributed by atoms with Gasteiger partial charge in [0.15, 0.2) is 0 Å².